The Bertz CT molecular complexity index is 600. The fourth-order valence-corrected chi connectivity index (χ4v) is 1.70. The minimum absolute atomic E-state index is 0.00632. The third kappa shape index (κ3) is 2.92. The molecule has 2 aromatic rings. The van der Waals surface area contributed by atoms with Gasteiger partial charge in [0.15, 0.2) is 0 Å². The summed E-state index contributed by atoms with van der Waals surface area (Å²) in [7, 11) is 0. The van der Waals surface area contributed by atoms with Gasteiger partial charge in [-0.1, -0.05) is 12.1 Å². The highest BCUT2D eigenvalue weighted by Gasteiger charge is 2.43. The second kappa shape index (κ2) is 4.81. The Balaban J connectivity index is 2.62. The van der Waals surface area contributed by atoms with E-state index in [4.69, 9.17) is 0 Å². The van der Waals surface area contributed by atoms with E-state index in [2.05, 4.69) is 11.2 Å². The number of alkyl halides is 6. The first-order chi connectivity index (χ1) is 9.19. The minimum Gasteiger partial charge on any atom is -0.254 e. The highest BCUT2D eigenvalue weighted by molar-refractivity contribution is 5.64. The molecule has 0 N–H and O–H groups in total. The van der Waals surface area contributed by atoms with Gasteiger partial charge in [-0.2, -0.15) is 26.3 Å². The fourth-order valence-electron chi connectivity index (χ4n) is 1.70. The summed E-state index contributed by atoms with van der Waals surface area (Å²) in [6, 6.07) is 4.65. The third-order valence-corrected chi connectivity index (χ3v) is 2.58. The molecule has 0 amide bonds. The second-order valence-corrected chi connectivity index (χ2v) is 3.93. The molecule has 7 heteroatoms. The molecule has 20 heavy (non-hydrogen) atoms. The van der Waals surface area contributed by atoms with Crippen LogP contribution in [0.25, 0.3) is 11.1 Å². The van der Waals surface area contributed by atoms with Crippen molar-refractivity contribution < 1.29 is 26.3 Å². The van der Waals surface area contributed by atoms with Gasteiger partial charge in [0.05, 0.1) is 17.3 Å². The average molecular weight is 290 g/mol. The van der Waals surface area contributed by atoms with Crippen LogP contribution in [-0.4, -0.2) is 4.98 Å². The maximum Gasteiger partial charge on any atom is 0.417 e. The normalized spacial score (nSPS) is 12.5. The highest BCUT2D eigenvalue weighted by Crippen LogP contribution is 2.41. The summed E-state index contributed by atoms with van der Waals surface area (Å²) in [5.41, 5.74) is -3.13. The molecule has 0 aliphatic carbocycles. The van der Waals surface area contributed by atoms with Gasteiger partial charge in [0.1, 0.15) is 0 Å². The van der Waals surface area contributed by atoms with E-state index in [9.17, 15) is 26.3 Å². The first kappa shape index (κ1) is 14.4. The van der Waals surface area contributed by atoms with Crippen molar-refractivity contribution in [3.8, 4) is 11.1 Å². The summed E-state index contributed by atoms with van der Waals surface area (Å²) < 4.78 is 76.0. The SMILES string of the molecule is FC(F)(F)c1ccc(-c2cc[c]nc2)cc1C(F)(F)F. The number of pyridine rings is 1. The molecule has 0 saturated heterocycles. The van der Waals surface area contributed by atoms with Gasteiger partial charge >= 0.3 is 12.4 Å². The van der Waals surface area contributed by atoms with Gasteiger partial charge in [0, 0.05) is 11.8 Å². The van der Waals surface area contributed by atoms with Crippen molar-refractivity contribution in [1.82, 2.24) is 4.98 Å². The Kier molecular flexibility index (Phi) is 3.45. The summed E-state index contributed by atoms with van der Waals surface area (Å²) in [6.45, 7) is 0. The van der Waals surface area contributed by atoms with Crippen LogP contribution in [0.2, 0.25) is 0 Å². The number of benzene rings is 1. The summed E-state index contributed by atoms with van der Waals surface area (Å²) in [5, 5.41) is 0. The average Bonchev–Trinajstić information content (AvgIpc) is 2.37. The summed E-state index contributed by atoms with van der Waals surface area (Å²) in [6.07, 6.45) is -6.50. The van der Waals surface area contributed by atoms with Gasteiger partial charge in [-0.05, 0) is 23.8 Å². The molecule has 0 atom stereocenters. The van der Waals surface area contributed by atoms with Gasteiger partial charge in [-0.3, -0.25) is 4.98 Å². The van der Waals surface area contributed by atoms with Crippen molar-refractivity contribution in [2.75, 3.05) is 0 Å². The standard InChI is InChI=1S/C13H6F6N/c14-12(15,16)10-4-3-8(6-11(10)13(17,18)19)9-2-1-5-20-7-9/h1-4,6-7H. The van der Waals surface area contributed by atoms with Crippen molar-refractivity contribution in [3.63, 3.8) is 0 Å². The molecule has 0 aliphatic heterocycles. The lowest BCUT2D eigenvalue weighted by atomic mass is 9.99. The van der Waals surface area contributed by atoms with Crippen molar-refractivity contribution in [2.24, 2.45) is 0 Å². The number of hydrogen-bond acceptors (Lipinski definition) is 1. The molecule has 1 nitrogen and oxygen atoms in total. The Morgan fingerprint density at radius 2 is 1.45 bits per heavy atom. The number of aromatic nitrogens is 1. The number of halogens is 6. The largest absolute Gasteiger partial charge is 0.417 e. The lowest BCUT2D eigenvalue weighted by Crippen LogP contribution is -2.16. The highest BCUT2D eigenvalue weighted by atomic mass is 19.4. The van der Waals surface area contributed by atoms with Crippen molar-refractivity contribution >= 4 is 0 Å². The van der Waals surface area contributed by atoms with Crippen LogP contribution < -0.4 is 0 Å². The summed E-state index contributed by atoms with van der Waals surface area (Å²) >= 11 is 0. The number of hydrogen-bond donors (Lipinski definition) is 0. The van der Waals surface area contributed by atoms with Gasteiger partial charge in [0.2, 0.25) is 0 Å². The zero-order chi connectivity index (χ0) is 15.0. The van der Waals surface area contributed by atoms with E-state index < -0.39 is 23.5 Å². The molecule has 105 valence electrons. The van der Waals surface area contributed by atoms with E-state index in [1.807, 2.05) is 0 Å². The molecular formula is C13H6F6N. The van der Waals surface area contributed by atoms with E-state index >= 15 is 0 Å². The Morgan fingerprint density at radius 1 is 0.800 bits per heavy atom. The van der Waals surface area contributed by atoms with Gasteiger partial charge in [-0.15, -0.1) is 0 Å². The van der Waals surface area contributed by atoms with Crippen LogP contribution >= 0.6 is 0 Å². The molecule has 2 rings (SSSR count). The topological polar surface area (TPSA) is 12.9 Å². The quantitative estimate of drug-likeness (QED) is 0.700. The van der Waals surface area contributed by atoms with E-state index in [1.165, 1.54) is 18.3 Å². The first-order valence-electron chi connectivity index (χ1n) is 5.30. The first-order valence-corrected chi connectivity index (χ1v) is 5.30. The van der Waals surface area contributed by atoms with E-state index in [0.29, 0.717) is 12.1 Å². The molecule has 0 saturated carbocycles. The molecule has 0 spiro atoms. The van der Waals surface area contributed by atoms with Crippen molar-refractivity contribution in [3.05, 3.63) is 53.9 Å². The fraction of sp³-hybridized carbons (Fsp3) is 0.154. The second-order valence-electron chi connectivity index (χ2n) is 3.93. The zero-order valence-electron chi connectivity index (χ0n) is 9.68. The third-order valence-electron chi connectivity index (χ3n) is 2.58. The smallest absolute Gasteiger partial charge is 0.254 e. The van der Waals surface area contributed by atoms with Crippen molar-refractivity contribution in [2.45, 2.75) is 12.4 Å². The Morgan fingerprint density at radius 3 is 1.95 bits per heavy atom. The van der Waals surface area contributed by atoms with E-state index in [1.54, 1.807) is 0 Å². The molecular weight excluding hydrogens is 284 g/mol. The number of rotatable bonds is 1. The predicted molar refractivity (Wildman–Crippen MR) is 58.5 cm³/mol. The molecule has 0 fully saturated rings. The maximum atomic E-state index is 12.8. The van der Waals surface area contributed by atoms with Crippen LogP contribution in [0.15, 0.2) is 36.5 Å². The monoisotopic (exact) mass is 290 g/mol. The minimum atomic E-state index is -5.09. The van der Waals surface area contributed by atoms with Crippen LogP contribution in [0, 0.1) is 6.20 Å². The predicted octanol–water partition coefficient (Wildman–Crippen LogP) is 4.59. The Labute approximate surface area is 109 Å². The molecule has 1 radical (unpaired) electrons. The van der Waals surface area contributed by atoms with Crippen LogP contribution in [0.1, 0.15) is 11.1 Å². The lowest BCUT2D eigenvalue weighted by Gasteiger charge is -2.16. The molecule has 1 heterocycles. The lowest BCUT2D eigenvalue weighted by molar-refractivity contribution is -0.162. The zero-order valence-corrected chi connectivity index (χ0v) is 9.68. The van der Waals surface area contributed by atoms with Crippen LogP contribution in [0.5, 0.6) is 0 Å². The van der Waals surface area contributed by atoms with Gasteiger partial charge in [-0.25, -0.2) is 0 Å². The van der Waals surface area contributed by atoms with Gasteiger partial charge in [0.25, 0.3) is 0 Å². The van der Waals surface area contributed by atoms with Crippen LogP contribution in [0.3, 0.4) is 0 Å². The van der Waals surface area contributed by atoms with Crippen LogP contribution in [0.4, 0.5) is 26.3 Å². The van der Waals surface area contributed by atoms with E-state index in [0.717, 1.165) is 6.07 Å². The summed E-state index contributed by atoms with van der Waals surface area (Å²) in [5.74, 6) is 0. The Hall–Kier alpha value is -2.05. The van der Waals surface area contributed by atoms with E-state index in [-0.39, 0.29) is 11.1 Å². The molecule has 0 unspecified atom stereocenters. The molecule has 1 aromatic carbocycles. The van der Waals surface area contributed by atoms with Crippen LogP contribution in [-0.2, 0) is 12.4 Å². The molecule has 0 bridgehead atoms. The maximum absolute atomic E-state index is 12.8. The molecule has 0 aliphatic rings. The number of nitrogens with zero attached hydrogens (tertiary/aromatic N) is 1. The van der Waals surface area contributed by atoms with Gasteiger partial charge < -0.3 is 0 Å². The van der Waals surface area contributed by atoms with Crippen molar-refractivity contribution in [1.29, 1.82) is 0 Å². The summed E-state index contributed by atoms with van der Waals surface area (Å²) in [4.78, 5) is 3.60. The molecule has 1 aromatic heterocycles.